The summed E-state index contributed by atoms with van der Waals surface area (Å²) in [5.74, 6) is 1.63. The topological polar surface area (TPSA) is 15.6 Å². The molecule has 1 aliphatic carbocycles. The predicted molar refractivity (Wildman–Crippen MR) is 82.5 cm³/mol. The molecule has 0 bridgehead atoms. The molecule has 1 aliphatic heterocycles. The molecule has 0 radical (unpaired) electrons. The van der Waals surface area contributed by atoms with Crippen LogP contribution in [-0.4, -0.2) is 26.4 Å². The number of benzodiazepines with no additional fused rings is 1. The molecule has 19 heavy (non-hydrogen) atoms. The van der Waals surface area contributed by atoms with Gasteiger partial charge in [0, 0.05) is 31.1 Å². The molecule has 1 saturated carbocycles. The number of anilines is 1. The number of hydrogen-bond acceptors (Lipinski definition) is 2. The van der Waals surface area contributed by atoms with Crippen LogP contribution in [0.15, 0.2) is 23.2 Å². The Labute approximate surface area is 116 Å². The van der Waals surface area contributed by atoms with Crippen LogP contribution in [0.5, 0.6) is 0 Å². The lowest BCUT2D eigenvalue weighted by Crippen LogP contribution is -2.23. The first-order valence-corrected chi connectivity index (χ1v) is 7.65. The Morgan fingerprint density at radius 3 is 3.05 bits per heavy atom. The number of benzene rings is 1. The number of nitrogens with zero attached hydrogens (tertiary/aromatic N) is 2. The summed E-state index contributed by atoms with van der Waals surface area (Å²) in [7, 11) is 2.22. The number of rotatable bonds is 2. The molecule has 0 unspecified atom stereocenters. The fraction of sp³-hybridized carbons (Fsp3) is 0.588. The molecule has 3 rings (SSSR count). The summed E-state index contributed by atoms with van der Waals surface area (Å²) in [6.07, 6.45) is 7.54. The van der Waals surface area contributed by atoms with Crippen molar-refractivity contribution in [1.82, 2.24) is 0 Å². The first-order chi connectivity index (χ1) is 9.31. The number of likely N-dealkylation sites (N-methyl/N-ethyl adjacent to an activating group) is 1. The van der Waals surface area contributed by atoms with Crippen molar-refractivity contribution in [3.8, 4) is 0 Å². The second kappa shape index (κ2) is 5.36. The van der Waals surface area contributed by atoms with Gasteiger partial charge in [0.05, 0.1) is 6.54 Å². The monoisotopic (exact) mass is 256 g/mol. The van der Waals surface area contributed by atoms with Gasteiger partial charge in [-0.2, -0.15) is 0 Å². The zero-order chi connectivity index (χ0) is 13.2. The largest absolute Gasteiger partial charge is 0.372 e. The van der Waals surface area contributed by atoms with E-state index in [1.54, 1.807) is 5.56 Å². The molecule has 2 atom stereocenters. The van der Waals surface area contributed by atoms with Gasteiger partial charge in [0.25, 0.3) is 0 Å². The average Bonchev–Trinajstić information content (AvgIpc) is 2.83. The molecular formula is C17H24N2. The normalized spacial score (nSPS) is 26.3. The van der Waals surface area contributed by atoms with Crippen LogP contribution >= 0.6 is 0 Å². The van der Waals surface area contributed by atoms with E-state index in [2.05, 4.69) is 48.3 Å². The van der Waals surface area contributed by atoms with Crippen molar-refractivity contribution in [2.45, 2.75) is 38.5 Å². The van der Waals surface area contributed by atoms with Gasteiger partial charge in [-0.3, -0.25) is 4.99 Å². The quantitative estimate of drug-likeness (QED) is 0.784. The van der Waals surface area contributed by atoms with Crippen molar-refractivity contribution < 1.29 is 0 Å². The Morgan fingerprint density at radius 1 is 1.32 bits per heavy atom. The van der Waals surface area contributed by atoms with E-state index >= 15 is 0 Å². The fourth-order valence-corrected chi connectivity index (χ4v) is 3.84. The summed E-state index contributed by atoms with van der Waals surface area (Å²) in [6, 6.07) is 6.78. The van der Waals surface area contributed by atoms with Crippen LogP contribution in [0.3, 0.4) is 0 Å². The molecular weight excluding hydrogens is 232 g/mol. The summed E-state index contributed by atoms with van der Waals surface area (Å²) in [5.41, 5.74) is 4.31. The molecule has 0 spiro atoms. The highest BCUT2D eigenvalue weighted by molar-refractivity contribution is 5.90. The summed E-state index contributed by atoms with van der Waals surface area (Å²) < 4.78 is 0. The first-order valence-electron chi connectivity index (χ1n) is 7.65. The number of aliphatic imine (C=N–C) groups is 1. The van der Waals surface area contributed by atoms with Gasteiger partial charge in [-0.15, -0.1) is 0 Å². The summed E-state index contributed by atoms with van der Waals surface area (Å²) in [4.78, 5) is 6.91. The van der Waals surface area contributed by atoms with Gasteiger partial charge in [-0.1, -0.05) is 38.0 Å². The average molecular weight is 256 g/mol. The molecule has 0 saturated heterocycles. The van der Waals surface area contributed by atoms with Crippen LogP contribution in [0.2, 0.25) is 0 Å². The van der Waals surface area contributed by atoms with E-state index in [1.165, 1.54) is 36.9 Å². The van der Waals surface area contributed by atoms with Crippen LogP contribution in [0, 0.1) is 5.92 Å². The molecule has 0 amide bonds. The van der Waals surface area contributed by atoms with Gasteiger partial charge in [0.1, 0.15) is 0 Å². The van der Waals surface area contributed by atoms with Gasteiger partial charge >= 0.3 is 0 Å². The maximum atomic E-state index is 4.50. The van der Waals surface area contributed by atoms with E-state index in [9.17, 15) is 0 Å². The Morgan fingerprint density at radius 2 is 2.21 bits per heavy atom. The second-order valence-corrected chi connectivity index (χ2v) is 5.95. The van der Waals surface area contributed by atoms with Crippen LogP contribution < -0.4 is 4.90 Å². The lowest BCUT2D eigenvalue weighted by atomic mass is 9.85. The highest BCUT2D eigenvalue weighted by Crippen LogP contribution is 2.45. The number of hydrogen-bond donors (Lipinski definition) is 0. The molecule has 102 valence electrons. The Kier molecular flexibility index (Phi) is 3.58. The van der Waals surface area contributed by atoms with E-state index in [4.69, 9.17) is 0 Å². The van der Waals surface area contributed by atoms with Crippen LogP contribution in [0.1, 0.15) is 49.7 Å². The summed E-state index contributed by atoms with van der Waals surface area (Å²) in [6.45, 7) is 4.28. The minimum Gasteiger partial charge on any atom is -0.372 e. The molecule has 0 aromatic heterocycles. The zero-order valence-corrected chi connectivity index (χ0v) is 12.1. The molecule has 2 nitrogen and oxygen atoms in total. The highest BCUT2D eigenvalue weighted by Gasteiger charge is 2.30. The lowest BCUT2D eigenvalue weighted by molar-refractivity contribution is 0.469. The maximum Gasteiger partial charge on any atom is 0.0565 e. The lowest BCUT2D eigenvalue weighted by Gasteiger charge is -2.27. The zero-order valence-electron chi connectivity index (χ0n) is 12.1. The van der Waals surface area contributed by atoms with Gasteiger partial charge in [0.2, 0.25) is 0 Å². The Hall–Kier alpha value is -1.31. The summed E-state index contributed by atoms with van der Waals surface area (Å²) in [5, 5.41) is 0. The number of para-hydroxylation sites is 1. The van der Waals surface area contributed by atoms with Gasteiger partial charge in [-0.25, -0.2) is 0 Å². The van der Waals surface area contributed by atoms with Crippen molar-refractivity contribution in [1.29, 1.82) is 0 Å². The molecule has 1 fully saturated rings. The fourth-order valence-electron chi connectivity index (χ4n) is 3.84. The van der Waals surface area contributed by atoms with Crippen molar-refractivity contribution in [3.63, 3.8) is 0 Å². The van der Waals surface area contributed by atoms with Crippen LogP contribution in [0.4, 0.5) is 5.69 Å². The van der Waals surface area contributed by atoms with Crippen LogP contribution in [-0.2, 0) is 0 Å². The molecule has 0 N–H and O–H groups in total. The number of fused-ring (bicyclic) bond motifs is 1. The maximum absolute atomic E-state index is 4.50. The third-order valence-corrected chi connectivity index (χ3v) is 4.86. The van der Waals surface area contributed by atoms with E-state index < -0.39 is 0 Å². The molecule has 2 aliphatic rings. The molecule has 1 aromatic rings. The van der Waals surface area contributed by atoms with E-state index in [0.717, 1.165) is 24.9 Å². The summed E-state index contributed by atoms with van der Waals surface area (Å²) >= 11 is 0. The SMILES string of the molecule is CC[C@@H]1CCC[C@@H]1c1cccc2c1N(C)CCN=C2. The van der Waals surface area contributed by atoms with E-state index in [0.29, 0.717) is 0 Å². The van der Waals surface area contributed by atoms with Gasteiger partial charge in [0.15, 0.2) is 0 Å². The van der Waals surface area contributed by atoms with Crippen molar-refractivity contribution in [2.75, 3.05) is 25.0 Å². The molecule has 2 heteroatoms. The minimum atomic E-state index is 0.758. The first kappa shape index (κ1) is 12.7. The van der Waals surface area contributed by atoms with Crippen molar-refractivity contribution >= 4 is 11.9 Å². The van der Waals surface area contributed by atoms with E-state index in [1.807, 2.05) is 0 Å². The predicted octanol–water partition coefficient (Wildman–Crippen LogP) is 3.85. The van der Waals surface area contributed by atoms with Gasteiger partial charge in [-0.05, 0) is 30.2 Å². The second-order valence-electron chi connectivity index (χ2n) is 5.95. The van der Waals surface area contributed by atoms with Gasteiger partial charge < -0.3 is 4.90 Å². The highest BCUT2D eigenvalue weighted by atomic mass is 15.1. The third-order valence-electron chi connectivity index (χ3n) is 4.86. The van der Waals surface area contributed by atoms with E-state index in [-0.39, 0.29) is 0 Å². The smallest absolute Gasteiger partial charge is 0.0565 e. The van der Waals surface area contributed by atoms with Crippen molar-refractivity contribution in [3.05, 3.63) is 29.3 Å². The standard InChI is InChI=1S/C17H24N2/c1-3-13-6-4-8-15(13)16-9-5-7-14-12-18-10-11-19(2)17(14)16/h5,7,9,12-13,15H,3-4,6,8,10-11H2,1-2H3/t13-,15+/m1/s1. The molecule has 1 heterocycles. The minimum absolute atomic E-state index is 0.758. The molecule has 1 aromatic carbocycles. The Bertz CT molecular complexity index is 478. The third kappa shape index (κ3) is 2.29. The van der Waals surface area contributed by atoms with Crippen molar-refractivity contribution in [2.24, 2.45) is 10.9 Å². The Balaban J connectivity index is 2.05. The van der Waals surface area contributed by atoms with Crippen LogP contribution in [0.25, 0.3) is 0 Å².